The van der Waals surface area contributed by atoms with E-state index in [0.29, 0.717) is 0 Å². The normalized spacial score (nSPS) is 13.6. The largest absolute Gasteiger partial charge is 0.405 e. The molecule has 0 aliphatic heterocycles. The number of hydrogen-bond donors (Lipinski definition) is 1. The van der Waals surface area contributed by atoms with Crippen molar-refractivity contribution in [3.05, 3.63) is 0 Å². The van der Waals surface area contributed by atoms with Crippen molar-refractivity contribution in [1.29, 1.82) is 0 Å². The van der Waals surface area contributed by atoms with Gasteiger partial charge < -0.3 is 10.2 Å². The highest BCUT2D eigenvalue weighted by Crippen LogP contribution is 2.19. The van der Waals surface area contributed by atoms with Gasteiger partial charge in [0.15, 0.2) is 0 Å². The average Bonchev–Trinajstić information content (AvgIpc) is 2.01. The lowest BCUT2D eigenvalue weighted by molar-refractivity contribution is -0.157. The van der Waals surface area contributed by atoms with Gasteiger partial charge in [-0.2, -0.15) is 13.2 Å². The summed E-state index contributed by atoms with van der Waals surface area (Å²) in [4.78, 5) is 1.49. The van der Waals surface area contributed by atoms with E-state index in [9.17, 15) is 13.2 Å². The third-order valence-electron chi connectivity index (χ3n) is 1.29. The molecule has 0 bridgehead atoms. The molecule has 5 heteroatoms. The number of rotatable bonds is 3. The van der Waals surface area contributed by atoms with Crippen LogP contribution in [0.25, 0.3) is 0 Å². The van der Waals surface area contributed by atoms with Gasteiger partial charge in [0, 0.05) is 6.54 Å². The summed E-state index contributed by atoms with van der Waals surface area (Å²) in [5.41, 5.74) is 0. The summed E-state index contributed by atoms with van der Waals surface area (Å²) in [5.74, 6) is 0. The fraction of sp³-hybridized carbons (Fsp3) is 1.00. The topological polar surface area (TPSA) is 15.3 Å². The van der Waals surface area contributed by atoms with Crippen LogP contribution in [0.1, 0.15) is 13.8 Å². The van der Waals surface area contributed by atoms with Gasteiger partial charge in [0.1, 0.15) is 6.04 Å². The van der Waals surface area contributed by atoms with E-state index >= 15 is 0 Å². The molecule has 0 radical (unpaired) electrons. The van der Waals surface area contributed by atoms with Crippen molar-refractivity contribution >= 4 is 0 Å². The third kappa shape index (κ3) is 8.05. The Labute approximate surface area is 78.1 Å². The maximum absolute atomic E-state index is 12.0. The Morgan fingerprint density at radius 1 is 1.23 bits per heavy atom. The van der Waals surface area contributed by atoms with Gasteiger partial charge in [-0.3, -0.25) is 0 Å². The Balaban J connectivity index is 0. The Kier molecular flexibility index (Phi) is 8.35. The molecule has 0 aliphatic rings. The molecular formula is C8H19F3N2. The quantitative estimate of drug-likeness (QED) is 0.746. The first kappa shape index (κ1) is 15.2. The average molecular weight is 200 g/mol. The predicted molar refractivity (Wildman–Crippen MR) is 48.8 cm³/mol. The molecule has 1 atom stereocenters. The third-order valence-corrected chi connectivity index (χ3v) is 1.29. The molecule has 0 rings (SSSR count). The van der Waals surface area contributed by atoms with Crippen molar-refractivity contribution in [1.82, 2.24) is 10.2 Å². The second-order valence-electron chi connectivity index (χ2n) is 2.65. The molecule has 0 fully saturated rings. The van der Waals surface area contributed by atoms with Gasteiger partial charge in [-0.1, -0.05) is 13.8 Å². The summed E-state index contributed by atoms with van der Waals surface area (Å²) in [6.45, 7) is 3.97. The molecule has 1 unspecified atom stereocenters. The fourth-order valence-corrected chi connectivity index (χ4v) is 0.724. The van der Waals surface area contributed by atoms with Gasteiger partial charge in [-0.25, -0.2) is 0 Å². The molecule has 82 valence electrons. The van der Waals surface area contributed by atoms with Crippen molar-refractivity contribution in [2.75, 3.05) is 27.7 Å². The van der Waals surface area contributed by atoms with Crippen LogP contribution < -0.4 is 5.32 Å². The number of alkyl halides is 3. The summed E-state index contributed by atoms with van der Waals surface area (Å²) in [6.07, 6.45) is -4.15. The molecular weight excluding hydrogens is 181 g/mol. The molecule has 0 aromatic carbocycles. The molecule has 0 saturated carbocycles. The van der Waals surface area contributed by atoms with Gasteiger partial charge in [0.2, 0.25) is 0 Å². The maximum Gasteiger partial charge on any atom is 0.405 e. The van der Waals surface area contributed by atoms with Gasteiger partial charge in [-0.05, 0) is 21.1 Å². The minimum atomic E-state index is -4.15. The van der Waals surface area contributed by atoms with E-state index in [0.717, 1.165) is 0 Å². The predicted octanol–water partition coefficient (Wildman–Crippen LogP) is 1.72. The van der Waals surface area contributed by atoms with Crippen LogP contribution in [-0.4, -0.2) is 44.8 Å². The standard InChI is InChI=1S/C6H13F3N2.C2H6/c1-10-5(4-11(2)3)6(7,8)9;1-2/h5,10H,4H2,1-3H3;1-2H3. The van der Waals surface area contributed by atoms with Crippen molar-refractivity contribution in [3.63, 3.8) is 0 Å². The van der Waals surface area contributed by atoms with Crippen molar-refractivity contribution in [2.45, 2.75) is 26.1 Å². The van der Waals surface area contributed by atoms with Gasteiger partial charge in [0.25, 0.3) is 0 Å². The zero-order valence-electron chi connectivity index (χ0n) is 8.87. The number of nitrogens with one attached hydrogen (secondary N) is 1. The minimum Gasteiger partial charge on any atom is -0.308 e. The number of likely N-dealkylation sites (N-methyl/N-ethyl adjacent to an activating group) is 2. The molecule has 0 aromatic rings. The van der Waals surface area contributed by atoms with Crippen LogP contribution in [0.2, 0.25) is 0 Å². The van der Waals surface area contributed by atoms with E-state index in [1.165, 1.54) is 11.9 Å². The van der Waals surface area contributed by atoms with E-state index in [2.05, 4.69) is 5.32 Å². The zero-order chi connectivity index (χ0) is 11.1. The Morgan fingerprint density at radius 2 is 1.62 bits per heavy atom. The lowest BCUT2D eigenvalue weighted by Gasteiger charge is -2.22. The second-order valence-corrected chi connectivity index (χ2v) is 2.65. The molecule has 0 aliphatic carbocycles. The number of nitrogens with zero attached hydrogens (tertiary/aromatic N) is 1. The number of hydrogen-bond acceptors (Lipinski definition) is 2. The van der Waals surface area contributed by atoms with Gasteiger partial charge in [0.05, 0.1) is 0 Å². The first-order valence-corrected chi connectivity index (χ1v) is 4.26. The Hall–Kier alpha value is -0.290. The van der Waals surface area contributed by atoms with Crippen LogP contribution in [0, 0.1) is 0 Å². The smallest absolute Gasteiger partial charge is 0.308 e. The molecule has 0 aromatic heterocycles. The summed E-state index contributed by atoms with van der Waals surface area (Å²) in [5, 5.41) is 2.21. The summed E-state index contributed by atoms with van der Waals surface area (Å²) in [7, 11) is 4.52. The van der Waals surface area contributed by atoms with Gasteiger partial charge in [-0.15, -0.1) is 0 Å². The highest BCUT2D eigenvalue weighted by atomic mass is 19.4. The minimum absolute atomic E-state index is 0.0278. The Morgan fingerprint density at radius 3 is 1.69 bits per heavy atom. The summed E-state index contributed by atoms with van der Waals surface area (Å²) < 4.78 is 36.0. The van der Waals surface area contributed by atoms with E-state index in [1.54, 1.807) is 14.1 Å². The van der Waals surface area contributed by atoms with Crippen LogP contribution in [0.4, 0.5) is 13.2 Å². The molecule has 0 amide bonds. The van der Waals surface area contributed by atoms with Crippen LogP contribution in [0.3, 0.4) is 0 Å². The molecule has 2 nitrogen and oxygen atoms in total. The monoisotopic (exact) mass is 200 g/mol. The Bertz CT molecular complexity index is 112. The van der Waals surface area contributed by atoms with E-state index < -0.39 is 12.2 Å². The lowest BCUT2D eigenvalue weighted by atomic mass is 10.3. The highest BCUT2D eigenvalue weighted by Gasteiger charge is 2.38. The maximum atomic E-state index is 12.0. The molecule has 0 heterocycles. The zero-order valence-corrected chi connectivity index (χ0v) is 8.87. The lowest BCUT2D eigenvalue weighted by Crippen LogP contribution is -2.46. The molecule has 1 N–H and O–H groups in total. The fourth-order valence-electron chi connectivity index (χ4n) is 0.724. The van der Waals surface area contributed by atoms with Crippen LogP contribution in [0.15, 0.2) is 0 Å². The molecule has 0 spiro atoms. The van der Waals surface area contributed by atoms with Crippen LogP contribution in [-0.2, 0) is 0 Å². The van der Waals surface area contributed by atoms with E-state index in [-0.39, 0.29) is 6.54 Å². The molecule has 13 heavy (non-hydrogen) atoms. The second kappa shape index (κ2) is 7.15. The number of halogens is 3. The van der Waals surface area contributed by atoms with E-state index in [1.807, 2.05) is 13.8 Å². The van der Waals surface area contributed by atoms with E-state index in [4.69, 9.17) is 0 Å². The van der Waals surface area contributed by atoms with Crippen LogP contribution in [0.5, 0.6) is 0 Å². The first-order chi connectivity index (χ1) is 5.88. The summed E-state index contributed by atoms with van der Waals surface area (Å²) in [6, 6.07) is -1.43. The SMILES string of the molecule is CC.CNC(CN(C)C)C(F)(F)F. The van der Waals surface area contributed by atoms with Crippen molar-refractivity contribution in [3.8, 4) is 0 Å². The first-order valence-electron chi connectivity index (χ1n) is 4.26. The van der Waals surface area contributed by atoms with Crippen molar-refractivity contribution < 1.29 is 13.2 Å². The summed E-state index contributed by atoms with van der Waals surface area (Å²) >= 11 is 0. The molecule has 0 saturated heterocycles. The van der Waals surface area contributed by atoms with Crippen LogP contribution >= 0.6 is 0 Å². The van der Waals surface area contributed by atoms with Gasteiger partial charge >= 0.3 is 6.18 Å². The van der Waals surface area contributed by atoms with Crippen molar-refractivity contribution in [2.24, 2.45) is 0 Å². The highest BCUT2D eigenvalue weighted by molar-refractivity contribution is 4.75.